The maximum Gasteiger partial charge on any atom is 0.139 e. The third-order valence-corrected chi connectivity index (χ3v) is 6.11. The molecule has 132 valence electrons. The molecule has 0 aliphatic carbocycles. The van der Waals surface area contributed by atoms with Crippen molar-refractivity contribution in [1.29, 1.82) is 0 Å². The Hall–Kier alpha value is -0.693. The molecule has 0 aromatic carbocycles. The first-order valence-electron chi connectivity index (χ1n) is 8.14. The molecule has 0 unspecified atom stereocenters. The topological polar surface area (TPSA) is 39.9 Å². The van der Waals surface area contributed by atoms with E-state index in [4.69, 9.17) is 21.4 Å². The quantitative estimate of drug-likeness (QED) is 0.317. The monoisotopic (exact) mass is 429 g/mol. The predicted octanol–water partition coefficient (Wildman–Crippen LogP) is 5.80. The van der Waals surface area contributed by atoms with Crippen LogP contribution in [0.25, 0.3) is 11.1 Å². The van der Waals surface area contributed by atoms with Gasteiger partial charge >= 0.3 is 0 Å². The minimum atomic E-state index is -1.07. The van der Waals surface area contributed by atoms with Crippen molar-refractivity contribution < 1.29 is 4.74 Å². The molecule has 0 fully saturated rings. The average Bonchev–Trinajstić information content (AvgIpc) is 2.89. The Morgan fingerprint density at radius 2 is 2.00 bits per heavy atom. The first-order valence-corrected chi connectivity index (χ1v) is 13.0. The normalized spacial score (nSPS) is 12.2. The van der Waals surface area contributed by atoms with E-state index in [2.05, 4.69) is 54.4 Å². The van der Waals surface area contributed by atoms with Crippen molar-refractivity contribution in [1.82, 2.24) is 14.8 Å². The fraction of sp³-hybridized carbons (Fsp3) is 0.529. The molecule has 0 radical (unpaired) electrons. The maximum absolute atomic E-state index is 6.35. The lowest BCUT2D eigenvalue weighted by Crippen LogP contribution is -2.22. The number of aromatic nitrogens is 3. The highest BCUT2D eigenvalue weighted by Gasteiger charge is 2.17. The Bertz CT molecular complexity index is 698. The highest BCUT2D eigenvalue weighted by atomic mass is 79.9. The van der Waals surface area contributed by atoms with Gasteiger partial charge in [-0.2, -0.15) is 5.10 Å². The zero-order valence-electron chi connectivity index (χ0n) is 14.9. The van der Waals surface area contributed by atoms with Gasteiger partial charge in [0.2, 0.25) is 0 Å². The molecule has 0 N–H and O–H groups in total. The first-order chi connectivity index (χ1) is 11.2. The molecule has 0 atom stereocenters. The van der Waals surface area contributed by atoms with Gasteiger partial charge in [-0.3, -0.25) is 0 Å². The molecule has 4 nitrogen and oxygen atoms in total. The SMILES string of the molecule is CC(C)c1nn(COCC[Si](C)(C)C)cc1-c1cc(Br)ncc1Cl. The molecule has 0 saturated carbocycles. The summed E-state index contributed by atoms with van der Waals surface area (Å²) in [7, 11) is -1.07. The van der Waals surface area contributed by atoms with Crippen LogP contribution in [0.1, 0.15) is 25.5 Å². The number of nitrogens with zero attached hydrogens (tertiary/aromatic N) is 3. The van der Waals surface area contributed by atoms with Crippen LogP contribution >= 0.6 is 27.5 Å². The molecule has 0 bridgehead atoms. The minimum Gasteiger partial charge on any atom is -0.360 e. The average molecular weight is 431 g/mol. The number of rotatable bonds is 7. The molecule has 0 amide bonds. The van der Waals surface area contributed by atoms with Gasteiger partial charge < -0.3 is 4.74 Å². The number of hydrogen-bond donors (Lipinski definition) is 0. The van der Waals surface area contributed by atoms with Gasteiger partial charge in [-0.05, 0) is 34.0 Å². The van der Waals surface area contributed by atoms with Gasteiger partial charge in [-0.15, -0.1) is 0 Å². The predicted molar refractivity (Wildman–Crippen MR) is 106 cm³/mol. The number of pyridine rings is 1. The van der Waals surface area contributed by atoms with E-state index in [-0.39, 0.29) is 0 Å². The molecule has 0 spiro atoms. The molecule has 0 saturated heterocycles. The van der Waals surface area contributed by atoms with E-state index < -0.39 is 8.07 Å². The lowest BCUT2D eigenvalue weighted by atomic mass is 10.0. The van der Waals surface area contributed by atoms with Crippen molar-refractivity contribution in [3.8, 4) is 11.1 Å². The zero-order valence-corrected chi connectivity index (χ0v) is 18.3. The van der Waals surface area contributed by atoms with Crippen molar-refractivity contribution in [3.63, 3.8) is 0 Å². The smallest absolute Gasteiger partial charge is 0.139 e. The van der Waals surface area contributed by atoms with Crippen LogP contribution in [-0.2, 0) is 11.5 Å². The molecule has 2 aromatic rings. The van der Waals surface area contributed by atoms with E-state index in [0.717, 1.165) is 34.1 Å². The Morgan fingerprint density at radius 3 is 2.62 bits per heavy atom. The second-order valence-electron chi connectivity index (χ2n) is 7.46. The molecular weight excluding hydrogens is 406 g/mol. The number of halogens is 2. The second-order valence-corrected chi connectivity index (χ2v) is 14.3. The highest BCUT2D eigenvalue weighted by Crippen LogP contribution is 2.34. The first kappa shape index (κ1) is 19.6. The van der Waals surface area contributed by atoms with Gasteiger partial charge in [0.25, 0.3) is 0 Å². The number of ether oxygens (including phenoxy) is 1. The van der Waals surface area contributed by atoms with E-state index in [1.807, 2.05) is 16.9 Å². The lowest BCUT2D eigenvalue weighted by molar-refractivity contribution is 0.0782. The summed E-state index contributed by atoms with van der Waals surface area (Å²) in [6.07, 6.45) is 3.67. The van der Waals surface area contributed by atoms with Gasteiger partial charge in [0.05, 0.1) is 10.7 Å². The minimum absolute atomic E-state index is 0.297. The van der Waals surface area contributed by atoms with Crippen molar-refractivity contribution in [3.05, 3.63) is 33.8 Å². The summed E-state index contributed by atoms with van der Waals surface area (Å²) in [5.74, 6) is 0.297. The van der Waals surface area contributed by atoms with Crippen LogP contribution in [0, 0.1) is 0 Å². The Balaban J connectivity index is 2.20. The largest absolute Gasteiger partial charge is 0.360 e. The summed E-state index contributed by atoms with van der Waals surface area (Å²) in [5, 5.41) is 5.32. The maximum atomic E-state index is 6.35. The van der Waals surface area contributed by atoms with Gasteiger partial charge in [-0.25, -0.2) is 9.67 Å². The molecule has 7 heteroatoms. The molecular formula is C17H25BrClN3OSi. The zero-order chi connectivity index (χ0) is 17.9. The Kier molecular flexibility index (Phi) is 6.64. The van der Waals surface area contributed by atoms with Gasteiger partial charge in [-0.1, -0.05) is 45.1 Å². The molecule has 0 aliphatic heterocycles. The van der Waals surface area contributed by atoms with E-state index in [1.165, 1.54) is 0 Å². The van der Waals surface area contributed by atoms with Gasteiger partial charge in [0.1, 0.15) is 11.3 Å². The van der Waals surface area contributed by atoms with Crippen LogP contribution in [0.4, 0.5) is 0 Å². The fourth-order valence-corrected chi connectivity index (χ4v) is 3.59. The summed E-state index contributed by atoms with van der Waals surface area (Å²) in [4.78, 5) is 4.17. The molecule has 2 rings (SSSR count). The van der Waals surface area contributed by atoms with Crippen molar-refractivity contribution >= 4 is 35.6 Å². The van der Waals surface area contributed by atoms with Crippen LogP contribution in [0.5, 0.6) is 0 Å². The molecule has 2 heterocycles. The molecule has 0 aliphatic rings. The summed E-state index contributed by atoms with van der Waals surface area (Å²) in [6, 6.07) is 3.09. The van der Waals surface area contributed by atoms with Gasteiger partial charge in [0, 0.05) is 38.2 Å². The van der Waals surface area contributed by atoms with Crippen LogP contribution in [-0.4, -0.2) is 29.4 Å². The van der Waals surface area contributed by atoms with Crippen LogP contribution in [0.15, 0.2) is 23.1 Å². The third kappa shape index (κ3) is 5.41. The third-order valence-electron chi connectivity index (χ3n) is 3.67. The van der Waals surface area contributed by atoms with E-state index >= 15 is 0 Å². The van der Waals surface area contributed by atoms with Crippen molar-refractivity contribution in [2.24, 2.45) is 0 Å². The van der Waals surface area contributed by atoms with Gasteiger partial charge in [0.15, 0.2) is 0 Å². The molecule has 24 heavy (non-hydrogen) atoms. The van der Waals surface area contributed by atoms with Crippen molar-refractivity contribution in [2.75, 3.05) is 6.61 Å². The van der Waals surface area contributed by atoms with Crippen LogP contribution < -0.4 is 0 Å². The summed E-state index contributed by atoms with van der Waals surface area (Å²) < 4.78 is 8.43. The number of hydrogen-bond acceptors (Lipinski definition) is 3. The lowest BCUT2D eigenvalue weighted by Gasteiger charge is -2.15. The summed E-state index contributed by atoms with van der Waals surface area (Å²) >= 11 is 9.76. The van der Waals surface area contributed by atoms with E-state index in [9.17, 15) is 0 Å². The summed E-state index contributed by atoms with van der Waals surface area (Å²) in [6.45, 7) is 12.6. The summed E-state index contributed by atoms with van der Waals surface area (Å²) in [5.41, 5.74) is 2.99. The van der Waals surface area contributed by atoms with Crippen molar-refractivity contribution in [2.45, 2.75) is 52.2 Å². The fourth-order valence-electron chi connectivity index (χ4n) is 2.29. The van der Waals surface area contributed by atoms with Crippen LogP contribution in [0.2, 0.25) is 30.7 Å². The standard InChI is InChI=1S/C17H25BrClN3OSi/c1-12(2)17-14(13-8-16(18)20-9-15(13)19)10-22(21-17)11-23-6-7-24(3,4)5/h8-10,12H,6-7,11H2,1-5H3. The van der Waals surface area contributed by atoms with E-state index in [0.29, 0.717) is 17.7 Å². The second kappa shape index (κ2) is 8.12. The Labute approximate surface area is 158 Å². The molecule has 2 aromatic heterocycles. The highest BCUT2D eigenvalue weighted by molar-refractivity contribution is 9.10. The Morgan fingerprint density at radius 1 is 1.29 bits per heavy atom. The van der Waals surface area contributed by atoms with E-state index in [1.54, 1.807) is 6.20 Å². The van der Waals surface area contributed by atoms with Crippen LogP contribution in [0.3, 0.4) is 0 Å².